The lowest BCUT2D eigenvalue weighted by atomic mass is 10.1. The predicted molar refractivity (Wildman–Crippen MR) is 61.7 cm³/mol. The van der Waals surface area contributed by atoms with Gasteiger partial charge < -0.3 is 9.73 Å². The molecule has 0 aliphatic carbocycles. The molecular weight excluding hydrogens is 275 g/mol. The number of aromatic nitrogens is 2. The number of oxazole rings is 1. The number of hydrogen-bond acceptors (Lipinski definition) is 4. The Labute approximate surface area is 111 Å². The van der Waals surface area contributed by atoms with Gasteiger partial charge in [0, 0.05) is 18.0 Å². The number of alkyl halides is 3. The van der Waals surface area contributed by atoms with Gasteiger partial charge in [0.05, 0.1) is 5.69 Å². The Morgan fingerprint density at radius 2 is 2.20 bits per heavy atom. The van der Waals surface area contributed by atoms with Crippen molar-refractivity contribution in [3.63, 3.8) is 0 Å². The molecule has 2 heterocycles. The SMILES string of the molecule is Cc1ncoc1C(=O)NC(c1cccnc1)C(F)(F)F. The maximum Gasteiger partial charge on any atom is 0.412 e. The Hall–Kier alpha value is -2.38. The normalized spacial score (nSPS) is 13.0. The number of nitrogens with one attached hydrogen (secondary N) is 1. The van der Waals surface area contributed by atoms with E-state index in [1.54, 1.807) is 0 Å². The average Bonchev–Trinajstić information content (AvgIpc) is 2.82. The molecule has 20 heavy (non-hydrogen) atoms. The fourth-order valence-electron chi connectivity index (χ4n) is 1.62. The summed E-state index contributed by atoms with van der Waals surface area (Å²) in [6, 6.07) is 0.437. The fraction of sp³-hybridized carbons (Fsp3) is 0.250. The van der Waals surface area contributed by atoms with Gasteiger partial charge in [-0.2, -0.15) is 13.2 Å². The molecule has 8 heteroatoms. The molecule has 0 spiro atoms. The monoisotopic (exact) mass is 285 g/mol. The highest BCUT2D eigenvalue weighted by Crippen LogP contribution is 2.32. The van der Waals surface area contributed by atoms with Crippen LogP contribution < -0.4 is 5.32 Å². The summed E-state index contributed by atoms with van der Waals surface area (Å²) < 4.78 is 43.8. The topological polar surface area (TPSA) is 68.0 Å². The van der Waals surface area contributed by atoms with Crippen molar-refractivity contribution in [1.29, 1.82) is 0 Å². The third-order valence-corrected chi connectivity index (χ3v) is 2.57. The first-order valence-electron chi connectivity index (χ1n) is 5.57. The molecule has 2 aromatic heterocycles. The van der Waals surface area contributed by atoms with Crippen molar-refractivity contribution in [3.05, 3.63) is 47.9 Å². The molecule has 1 amide bonds. The first-order chi connectivity index (χ1) is 9.39. The van der Waals surface area contributed by atoms with E-state index in [4.69, 9.17) is 4.42 Å². The summed E-state index contributed by atoms with van der Waals surface area (Å²) in [5.74, 6) is -1.23. The van der Waals surface area contributed by atoms with E-state index in [0.29, 0.717) is 0 Å². The van der Waals surface area contributed by atoms with Gasteiger partial charge in [-0.25, -0.2) is 4.98 Å². The molecule has 2 rings (SSSR count). The summed E-state index contributed by atoms with van der Waals surface area (Å²) in [6.45, 7) is 1.46. The van der Waals surface area contributed by atoms with Gasteiger partial charge in [-0.3, -0.25) is 9.78 Å². The summed E-state index contributed by atoms with van der Waals surface area (Å²) >= 11 is 0. The first-order valence-corrected chi connectivity index (χ1v) is 5.57. The number of aryl methyl sites for hydroxylation is 1. The standard InChI is InChI=1S/C12H10F3N3O2/c1-7-9(20-6-17-7)11(19)18-10(12(13,14)15)8-3-2-4-16-5-8/h2-6,10H,1H3,(H,18,19). The zero-order valence-electron chi connectivity index (χ0n) is 10.3. The van der Waals surface area contributed by atoms with Gasteiger partial charge in [-0.15, -0.1) is 0 Å². The molecule has 0 aliphatic rings. The number of rotatable bonds is 3. The van der Waals surface area contributed by atoms with Gasteiger partial charge in [0.15, 0.2) is 12.4 Å². The number of amides is 1. The largest absolute Gasteiger partial charge is 0.438 e. The molecule has 5 nitrogen and oxygen atoms in total. The second-order valence-electron chi connectivity index (χ2n) is 4.00. The number of pyridine rings is 1. The minimum atomic E-state index is -4.65. The molecule has 1 N–H and O–H groups in total. The minimum Gasteiger partial charge on any atom is -0.438 e. The van der Waals surface area contributed by atoms with Crippen LogP contribution in [0.15, 0.2) is 35.3 Å². The number of carbonyl (C=O) groups is 1. The van der Waals surface area contributed by atoms with Crippen LogP contribution in [0.3, 0.4) is 0 Å². The molecule has 106 valence electrons. The maximum absolute atomic E-state index is 13.0. The van der Waals surface area contributed by atoms with Crippen molar-refractivity contribution in [2.24, 2.45) is 0 Å². The van der Waals surface area contributed by atoms with Crippen LogP contribution >= 0.6 is 0 Å². The quantitative estimate of drug-likeness (QED) is 0.940. The second kappa shape index (κ2) is 5.32. The summed E-state index contributed by atoms with van der Waals surface area (Å²) in [6.07, 6.45) is -1.26. The van der Waals surface area contributed by atoms with E-state index >= 15 is 0 Å². The predicted octanol–water partition coefficient (Wildman–Crippen LogP) is 2.41. The Morgan fingerprint density at radius 3 is 2.70 bits per heavy atom. The van der Waals surface area contributed by atoms with E-state index in [-0.39, 0.29) is 17.0 Å². The van der Waals surface area contributed by atoms with Crippen molar-refractivity contribution in [2.75, 3.05) is 0 Å². The van der Waals surface area contributed by atoms with E-state index in [9.17, 15) is 18.0 Å². The van der Waals surface area contributed by atoms with Crippen LogP contribution in [0.25, 0.3) is 0 Å². The third kappa shape index (κ3) is 2.95. The summed E-state index contributed by atoms with van der Waals surface area (Å²) in [5, 5.41) is 1.88. The van der Waals surface area contributed by atoms with Crippen molar-refractivity contribution in [1.82, 2.24) is 15.3 Å². The van der Waals surface area contributed by atoms with E-state index in [0.717, 1.165) is 12.6 Å². The molecule has 0 radical (unpaired) electrons. The van der Waals surface area contributed by atoms with Crippen LogP contribution in [0.1, 0.15) is 27.9 Å². The summed E-state index contributed by atoms with van der Waals surface area (Å²) in [5.41, 5.74) is 0.0557. The molecule has 0 aromatic carbocycles. The third-order valence-electron chi connectivity index (χ3n) is 2.57. The van der Waals surface area contributed by atoms with Crippen LogP contribution in [-0.4, -0.2) is 22.1 Å². The van der Waals surface area contributed by atoms with E-state index in [1.807, 2.05) is 5.32 Å². The molecule has 0 saturated carbocycles. The smallest absolute Gasteiger partial charge is 0.412 e. The van der Waals surface area contributed by atoms with Gasteiger partial charge >= 0.3 is 6.18 Å². The summed E-state index contributed by atoms with van der Waals surface area (Å²) in [4.78, 5) is 19.1. The van der Waals surface area contributed by atoms with Gasteiger partial charge in [-0.1, -0.05) is 6.07 Å². The fourth-order valence-corrected chi connectivity index (χ4v) is 1.62. The van der Waals surface area contributed by atoms with Crippen LogP contribution in [0.2, 0.25) is 0 Å². The number of carbonyl (C=O) groups excluding carboxylic acids is 1. The molecule has 0 saturated heterocycles. The summed E-state index contributed by atoms with van der Waals surface area (Å²) in [7, 11) is 0. The highest BCUT2D eigenvalue weighted by molar-refractivity contribution is 5.92. The van der Waals surface area contributed by atoms with Crippen LogP contribution in [0.4, 0.5) is 13.2 Å². The van der Waals surface area contributed by atoms with Crippen molar-refractivity contribution in [3.8, 4) is 0 Å². The van der Waals surface area contributed by atoms with Gasteiger partial charge in [0.25, 0.3) is 5.91 Å². The first kappa shape index (κ1) is 14.0. The maximum atomic E-state index is 13.0. The Kier molecular flexibility index (Phi) is 3.73. The molecule has 1 atom stereocenters. The number of nitrogens with zero attached hydrogens (tertiary/aromatic N) is 2. The molecular formula is C12H10F3N3O2. The van der Waals surface area contributed by atoms with E-state index < -0.39 is 18.1 Å². The van der Waals surface area contributed by atoms with Crippen molar-refractivity contribution >= 4 is 5.91 Å². The number of halogens is 3. The lowest BCUT2D eigenvalue weighted by Crippen LogP contribution is -2.38. The van der Waals surface area contributed by atoms with Crippen LogP contribution in [-0.2, 0) is 0 Å². The van der Waals surface area contributed by atoms with Crippen molar-refractivity contribution in [2.45, 2.75) is 19.1 Å². The highest BCUT2D eigenvalue weighted by atomic mass is 19.4. The minimum absolute atomic E-state index is 0.162. The zero-order chi connectivity index (χ0) is 14.8. The Morgan fingerprint density at radius 1 is 1.45 bits per heavy atom. The number of hydrogen-bond donors (Lipinski definition) is 1. The van der Waals surface area contributed by atoms with E-state index in [1.165, 1.54) is 25.3 Å². The highest BCUT2D eigenvalue weighted by Gasteiger charge is 2.42. The molecule has 2 aromatic rings. The molecule has 0 fully saturated rings. The van der Waals surface area contributed by atoms with Gasteiger partial charge in [0.2, 0.25) is 5.76 Å². The lowest BCUT2D eigenvalue weighted by Gasteiger charge is -2.21. The van der Waals surface area contributed by atoms with E-state index in [2.05, 4.69) is 9.97 Å². The Balaban J connectivity index is 2.26. The van der Waals surface area contributed by atoms with Crippen molar-refractivity contribution < 1.29 is 22.4 Å². The van der Waals surface area contributed by atoms with Gasteiger partial charge in [0.1, 0.15) is 0 Å². The second-order valence-corrected chi connectivity index (χ2v) is 4.00. The van der Waals surface area contributed by atoms with Gasteiger partial charge in [-0.05, 0) is 13.0 Å². The zero-order valence-corrected chi connectivity index (χ0v) is 10.3. The average molecular weight is 285 g/mol. The molecule has 1 unspecified atom stereocenters. The molecule has 0 bridgehead atoms. The van der Waals surface area contributed by atoms with Crippen LogP contribution in [0, 0.1) is 6.92 Å². The van der Waals surface area contributed by atoms with Crippen LogP contribution in [0.5, 0.6) is 0 Å². The lowest BCUT2D eigenvalue weighted by molar-refractivity contribution is -0.155. The molecule has 0 aliphatic heterocycles. The Bertz CT molecular complexity index is 595.